The Morgan fingerprint density at radius 2 is 1.84 bits per heavy atom. The van der Waals surface area contributed by atoms with Crippen LogP contribution in [0.2, 0.25) is 0 Å². The van der Waals surface area contributed by atoms with E-state index in [1.165, 1.54) is 0 Å². The van der Waals surface area contributed by atoms with Crippen molar-refractivity contribution in [2.75, 3.05) is 38.2 Å². The van der Waals surface area contributed by atoms with E-state index in [4.69, 9.17) is 4.74 Å². The van der Waals surface area contributed by atoms with Crippen molar-refractivity contribution >= 4 is 55.1 Å². The number of halogens is 1. The highest BCUT2D eigenvalue weighted by atomic mass is 79.9. The zero-order valence-corrected chi connectivity index (χ0v) is 19.1. The summed E-state index contributed by atoms with van der Waals surface area (Å²) in [6.45, 7) is 2.14. The largest absolute Gasteiger partial charge is 0.496 e. The van der Waals surface area contributed by atoms with E-state index in [-0.39, 0.29) is 0 Å². The number of methoxy groups -OCH3 is 1. The lowest BCUT2D eigenvalue weighted by molar-refractivity contribution is -0.126. The van der Waals surface area contributed by atoms with Crippen LogP contribution in [0.3, 0.4) is 0 Å². The van der Waals surface area contributed by atoms with Crippen molar-refractivity contribution in [3.05, 3.63) is 64.9 Å². The smallest absolute Gasteiger partial charge is 0.295 e. The average molecular weight is 493 g/mol. The average Bonchev–Trinajstić information content (AvgIpc) is 3.29. The predicted molar refractivity (Wildman–Crippen MR) is 127 cm³/mol. The number of benzene rings is 2. The van der Waals surface area contributed by atoms with Gasteiger partial charge in [0.25, 0.3) is 11.7 Å². The molecule has 7 nitrogen and oxygen atoms in total. The van der Waals surface area contributed by atoms with Crippen molar-refractivity contribution in [1.82, 2.24) is 14.9 Å². The zero-order valence-electron chi connectivity index (χ0n) is 17.5. The molecule has 1 saturated heterocycles. The summed E-state index contributed by atoms with van der Waals surface area (Å²) in [5.74, 6) is 0.419. The molecule has 1 aliphatic heterocycles. The van der Waals surface area contributed by atoms with Crippen LogP contribution in [0.25, 0.3) is 21.7 Å². The number of carbonyl (C=O) groups is 2. The minimum absolute atomic E-state index is 0.321. The molecule has 0 spiro atoms. The third-order valence-corrected chi connectivity index (χ3v) is 6.59. The highest BCUT2D eigenvalue weighted by Crippen LogP contribution is 2.34. The van der Waals surface area contributed by atoms with Crippen molar-refractivity contribution < 1.29 is 14.3 Å². The number of piperazine rings is 1. The maximum absolute atomic E-state index is 13.1. The number of amides is 1. The van der Waals surface area contributed by atoms with Crippen molar-refractivity contribution in [2.24, 2.45) is 0 Å². The Balaban J connectivity index is 1.35. The number of rotatable bonds is 4. The van der Waals surface area contributed by atoms with Gasteiger partial charge in [-0.1, -0.05) is 24.3 Å². The van der Waals surface area contributed by atoms with Crippen LogP contribution in [-0.4, -0.2) is 59.8 Å². The molecule has 0 aliphatic carbocycles. The van der Waals surface area contributed by atoms with E-state index in [9.17, 15) is 9.59 Å². The number of ether oxygens (including phenoxy) is 1. The molecule has 1 fully saturated rings. The fraction of sp³-hybridized carbons (Fsp3) is 0.208. The molecule has 2 aromatic carbocycles. The maximum atomic E-state index is 13.1. The number of ketones is 1. The Morgan fingerprint density at radius 3 is 2.62 bits per heavy atom. The second kappa shape index (κ2) is 8.27. The standard InChI is InChI=1S/C24H21BrN4O3/c1-32-19-7-6-18(25)21-20(19)17(14-27-21)22(30)24(31)29-12-10-28(11-13-29)23-16-5-3-2-4-15(16)8-9-26-23/h2-9,14,27H,10-13H2,1H3. The van der Waals surface area contributed by atoms with Crippen LogP contribution >= 0.6 is 15.9 Å². The van der Waals surface area contributed by atoms with E-state index in [0.717, 1.165) is 26.6 Å². The molecule has 5 rings (SSSR count). The van der Waals surface area contributed by atoms with Gasteiger partial charge in [0.15, 0.2) is 0 Å². The Morgan fingerprint density at radius 1 is 1.06 bits per heavy atom. The topological polar surface area (TPSA) is 78.5 Å². The number of anilines is 1. The molecule has 4 aromatic rings. The van der Waals surface area contributed by atoms with Crippen LogP contribution in [0.4, 0.5) is 5.82 Å². The molecular formula is C24H21BrN4O3. The van der Waals surface area contributed by atoms with Gasteiger partial charge in [-0.05, 0) is 39.5 Å². The summed E-state index contributed by atoms with van der Waals surface area (Å²) in [6, 6.07) is 13.7. The molecule has 32 heavy (non-hydrogen) atoms. The first-order valence-corrected chi connectivity index (χ1v) is 11.1. The number of aromatic amines is 1. The zero-order chi connectivity index (χ0) is 22.2. The van der Waals surface area contributed by atoms with Gasteiger partial charge < -0.3 is 19.5 Å². The summed E-state index contributed by atoms with van der Waals surface area (Å²) in [5.41, 5.74) is 1.05. The van der Waals surface area contributed by atoms with Crippen LogP contribution in [0.1, 0.15) is 10.4 Å². The number of carbonyl (C=O) groups excluding carboxylic acids is 2. The Kier molecular flexibility index (Phi) is 5.30. The second-order valence-electron chi connectivity index (χ2n) is 7.67. The molecule has 8 heteroatoms. The molecule has 0 unspecified atom stereocenters. The van der Waals surface area contributed by atoms with Gasteiger partial charge in [-0.3, -0.25) is 9.59 Å². The van der Waals surface area contributed by atoms with Gasteiger partial charge in [-0.2, -0.15) is 0 Å². The van der Waals surface area contributed by atoms with E-state index in [1.54, 1.807) is 30.5 Å². The molecule has 0 saturated carbocycles. The number of aromatic nitrogens is 2. The normalized spacial score (nSPS) is 14.2. The van der Waals surface area contributed by atoms with E-state index < -0.39 is 11.7 Å². The van der Waals surface area contributed by atoms with Crippen LogP contribution in [0.15, 0.2) is 59.3 Å². The first-order chi connectivity index (χ1) is 15.6. The number of pyridine rings is 1. The number of fused-ring (bicyclic) bond motifs is 2. The SMILES string of the molecule is COc1ccc(Br)c2[nH]cc(C(=O)C(=O)N3CCN(c4nccc5ccccc45)CC3)c12. The van der Waals surface area contributed by atoms with E-state index >= 15 is 0 Å². The number of H-pyrrole nitrogens is 1. The molecule has 0 radical (unpaired) electrons. The summed E-state index contributed by atoms with van der Waals surface area (Å²) in [7, 11) is 1.55. The lowest BCUT2D eigenvalue weighted by Gasteiger charge is -2.35. The van der Waals surface area contributed by atoms with E-state index in [1.807, 2.05) is 24.3 Å². The molecule has 1 amide bonds. The van der Waals surface area contributed by atoms with Crippen molar-refractivity contribution in [3.63, 3.8) is 0 Å². The van der Waals surface area contributed by atoms with Gasteiger partial charge >= 0.3 is 0 Å². The molecule has 0 atom stereocenters. The first kappa shape index (κ1) is 20.5. The number of hydrogen-bond donors (Lipinski definition) is 1. The maximum Gasteiger partial charge on any atom is 0.295 e. The van der Waals surface area contributed by atoms with Crippen LogP contribution in [-0.2, 0) is 4.79 Å². The van der Waals surface area contributed by atoms with Gasteiger partial charge in [-0.25, -0.2) is 4.98 Å². The van der Waals surface area contributed by atoms with Crippen molar-refractivity contribution in [1.29, 1.82) is 0 Å². The highest BCUT2D eigenvalue weighted by Gasteiger charge is 2.30. The number of nitrogens with zero attached hydrogens (tertiary/aromatic N) is 3. The molecular weight excluding hydrogens is 472 g/mol. The fourth-order valence-electron chi connectivity index (χ4n) is 4.27. The third-order valence-electron chi connectivity index (χ3n) is 5.92. The van der Waals surface area contributed by atoms with Crippen LogP contribution in [0.5, 0.6) is 5.75 Å². The lowest BCUT2D eigenvalue weighted by Crippen LogP contribution is -2.50. The minimum Gasteiger partial charge on any atom is -0.496 e. The third kappa shape index (κ3) is 3.40. The van der Waals surface area contributed by atoms with Gasteiger partial charge in [0.05, 0.1) is 23.6 Å². The lowest BCUT2D eigenvalue weighted by atomic mass is 10.1. The second-order valence-corrected chi connectivity index (χ2v) is 8.52. The quantitative estimate of drug-likeness (QED) is 0.343. The summed E-state index contributed by atoms with van der Waals surface area (Å²) >= 11 is 3.48. The summed E-state index contributed by atoms with van der Waals surface area (Å²) in [4.78, 5) is 37.6. The molecule has 2 aromatic heterocycles. The molecule has 0 bridgehead atoms. The van der Waals surface area contributed by atoms with E-state index in [2.05, 4.69) is 42.9 Å². The highest BCUT2D eigenvalue weighted by molar-refractivity contribution is 9.10. The van der Waals surface area contributed by atoms with Gasteiger partial charge in [0, 0.05) is 48.4 Å². The number of Topliss-reactive ketones (excluding diaryl/α,β-unsaturated/α-hetero) is 1. The number of hydrogen-bond acceptors (Lipinski definition) is 5. The molecule has 162 valence electrons. The summed E-state index contributed by atoms with van der Waals surface area (Å²) in [6.07, 6.45) is 3.38. The predicted octanol–water partition coefficient (Wildman–Crippen LogP) is 4.02. The molecule has 1 aliphatic rings. The Bertz CT molecular complexity index is 1340. The van der Waals surface area contributed by atoms with Crippen LogP contribution < -0.4 is 9.64 Å². The Labute approximate surface area is 193 Å². The number of nitrogens with one attached hydrogen (secondary N) is 1. The summed E-state index contributed by atoms with van der Waals surface area (Å²) in [5, 5.41) is 2.83. The van der Waals surface area contributed by atoms with Crippen molar-refractivity contribution in [2.45, 2.75) is 0 Å². The van der Waals surface area contributed by atoms with Gasteiger partial charge in [0.1, 0.15) is 11.6 Å². The van der Waals surface area contributed by atoms with Crippen LogP contribution in [0, 0.1) is 0 Å². The minimum atomic E-state index is -0.538. The molecule has 3 heterocycles. The monoisotopic (exact) mass is 492 g/mol. The fourth-order valence-corrected chi connectivity index (χ4v) is 4.71. The summed E-state index contributed by atoms with van der Waals surface area (Å²) < 4.78 is 6.23. The Hall–Kier alpha value is -3.39. The molecule has 1 N–H and O–H groups in total. The van der Waals surface area contributed by atoms with Gasteiger partial charge in [-0.15, -0.1) is 0 Å². The van der Waals surface area contributed by atoms with Gasteiger partial charge in [0.2, 0.25) is 0 Å². The first-order valence-electron chi connectivity index (χ1n) is 10.3. The van der Waals surface area contributed by atoms with E-state index in [0.29, 0.717) is 42.9 Å². The van der Waals surface area contributed by atoms with Crippen molar-refractivity contribution in [3.8, 4) is 5.75 Å².